The predicted molar refractivity (Wildman–Crippen MR) is 76.7 cm³/mol. The normalized spacial score (nSPS) is 11.3. The third-order valence-electron chi connectivity index (χ3n) is 2.88. The minimum atomic E-state index is 1.12. The first-order valence-corrected chi connectivity index (χ1v) is 8.09. The number of benzene rings is 1. The highest BCUT2D eigenvalue weighted by Gasteiger charge is 1.93. The second-order valence-corrected chi connectivity index (χ2v) is 5.78. The molecule has 0 radical (unpaired) electrons. The van der Waals surface area contributed by atoms with Crippen LogP contribution in [0.3, 0.4) is 0 Å². The Morgan fingerprint density at radius 1 is 0.875 bits per heavy atom. The zero-order chi connectivity index (χ0) is 11.5. The Bertz CT molecular complexity index is 243. The molecular formula is C15H25P. The molecule has 0 aliphatic carbocycles. The molecule has 0 amide bonds. The summed E-state index contributed by atoms with van der Waals surface area (Å²) in [6.07, 6.45) is 11.3. The van der Waals surface area contributed by atoms with Gasteiger partial charge in [0.05, 0.1) is 0 Å². The second kappa shape index (κ2) is 9.85. The molecule has 0 heterocycles. The van der Waals surface area contributed by atoms with Crippen molar-refractivity contribution in [2.24, 2.45) is 0 Å². The van der Waals surface area contributed by atoms with E-state index in [-0.39, 0.29) is 0 Å². The van der Waals surface area contributed by atoms with Gasteiger partial charge in [0, 0.05) is 0 Å². The topological polar surface area (TPSA) is 0 Å². The standard InChI is InChI=1S/C15H25P/c1-2-3-4-5-6-10-13-16-14-15-11-8-7-9-12-15/h7-9,11-12,16H,2-6,10,13-14H2,1H3. The summed E-state index contributed by atoms with van der Waals surface area (Å²) in [5.41, 5.74) is 1.51. The van der Waals surface area contributed by atoms with Crippen LogP contribution >= 0.6 is 8.58 Å². The van der Waals surface area contributed by atoms with Gasteiger partial charge in [-0.2, -0.15) is 0 Å². The van der Waals surface area contributed by atoms with Crippen molar-refractivity contribution in [3.8, 4) is 0 Å². The summed E-state index contributed by atoms with van der Waals surface area (Å²) in [5, 5.41) is 0. The molecule has 0 saturated carbocycles. The molecular weight excluding hydrogens is 211 g/mol. The predicted octanol–water partition coefficient (Wildman–Crippen LogP) is 5.23. The Morgan fingerprint density at radius 3 is 2.31 bits per heavy atom. The highest BCUT2D eigenvalue weighted by Crippen LogP contribution is 2.20. The summed E-state index contributed by atoms with van der Waals surface area (Å²) in [5.74, 6) is 0. The van der Waals surface area contributed by atoms with Crippen molar-refractivity contribution in [3.05, 3.63) is 35.9 Å². The van der Waals surface area contributed by atoms with Crippen molar-refractivity contribution < 1.29 is 0 Å². The maximum absolute atomic E-state index is 2.28. The fourth-order valence-electron chi connectivity index (χ4n) is 1.86. The first-order chi connectivity index (χ1) is 7.93. The second-order valence-electron chi connectivity index (χ2n) is 4.43. The molecule has 1 heteroatoms. The number of hydrogen-bond donors (Lipinski definition) is 0. The van der Waals surface area contributed by atoms with Gasteiger partial charge < -0.3 is 0 Å². The van der Waals surface area contributed by atoms with Crippen LogP contribution in [0.2, 0.25) is 0 Å². The van der Waals surface area contributed by atoms with Crippen LogP contribution in [0.15, 0.2) is 30.3 Å². The summed E-state index contributed by atoms with van der Waals surface area (Å²) in [6, 6.07) is 10.9. The largest absolute Gasteiger partial charge is 0.118 e. The van der Waals surface area contributed by atoms with Gasteiger partial charge in [0.25, 0.3) is 0 Å². The van der Waals surface area contributed by atoms with Crippen molar-refractivity contribution >= 4 is 8.58 Å². The summed E-state index contributed by atoms with van der Waals surface area (Å²) in [6.45, 7) is 2.28. The smallest absolute Gasteiger partial charge is 0.0101 e. The Labute approximate surface area is 103 Å². The average molecular weight is 236 g/mol. The van der Waals surface area contributed by atoms with E-state index in [0.717, 1.165) is 8.58 Å². The quantitative estimate of drug-likeness (QED) is 0.407. The lowest BCUT2D eigenvalue weighted by molar-refractivity contribution is 0.626. The molecule has 0 aromatic heterocycles. The van der Waals surface area contributed by atoms with Crippen LogP contribution in [0.5, 0.6) is 0 Å². The van der Waals surface area contributed by atoms with E-state index in [1.54, 1.807) is 0 Å². The first kappa shape index (κ1) is 13.7. The van der Waals surface area contributed by atoms with Gasteiger partial charge in [0.1, 0.15) is 0 Å². The number of hydrogen-bond acceptors (Lipinski definition) is 0. The number of rotatable bonds is 9. The monoisotopic (exact) mass is 236 g/mol. The van der Waals surface area contributed by atoms with Crippen LogP contribution in [0.1, 0.15) is 51.0 Å². The Kier molecular flexibility index (Phi) is 8.44. The number of unbranched alkanes of at least 4 members (excludes halogenated alkanes) is 5. The van der Waals surface area contributed by atoms with Crippen LogP contribution in [-0.4, -0.2) is 6.16 Å². The molecule has 0 aliphatic heterocycles. The van der Waals surface area contributed by atoms with E-state index in [1.807, 2.05) is 0 Å². The van der Waals surface area contributed by atoms with Crippen LogP contribution in [0.25, 0.3) is 0 Å². The van der Waals surface area contributed by atoms with Gasteiger partial charge in [-0.15, -0.1) is 8.58 Å². The summed E-state index contributed by atoms with van der Waals surface area (Å²) in [4.78, 5) is 0. The van der Waals surface area contributed by atoms with E-state index in [2.05, 4.69) is 37.3 Å². The van der Waals surface area contributed by atoms with Crippen molar-refractivity contribution in [2.45, 2.75) is 51.6 Å². The molecule has 0 fully saturated rings. The van der Waals surface area contributed by atoms with Crippen LogP contribution in [-0.2, 0) is 6.16 Å². The Hall–Kier alpha value is -0.350. The van der Waals surface area contributed by atoms with E-state index >= 15 is 0 Å². The molecule has 1 unspecified atom stereocenters. The van der Waals surface area contributed by atoms with Crippen LogP contribution in [0, 0.1) is 0 Å². The lowest BCUT2D eigenvalue weighted by Crippen LogP contribution is -1.83. The molecule has 0 nitrogen and oxygen atoms in total. The van der Waals surface area contributed by atoms with E-state index in [9.17, 15) is 0 Å². The molecule has 1 aromatic carbocycles. The Balaban J connectivity index is 1.89. The fraction of sp³-hybridized carbons (Fsp3) is 0.600. The third-order valence-corrected chi connectivity index (χ3v) is 4.24. The molecule has 1 aromatic rings. The molecule has 0 saturated heterocycles. The van der Waals surface area contributed by atoms with E-state index in [1.165, 1.54) is 56.4 Å². The SMILES string of the molecule is CCCCCCCCPCc1ccccc1. The van der Waals surface area contributed by atoms with Crippen LogP contribution < -0.4 is 0 Å². The molecule has 0 bridgehead atoms. The van der Waals surface area contributed by atoms with Gasteiger partial charge in [0.15, 0.2) is 0 Å². The van der Waals surface area contributed by atoms with Crippen molar-refractivity contribution in [1.82, 2.24) is 0 Å². The molecule has 0 spiro atoms. The van der Waals surface area contributed by atoms with Gasteiger partial charge in [-0.25, -0.2) is 0 Å². The van der Waals surface area contributed by atoms with Gasteiger partial charge >= 0.3 is 0 Å². The summed E-state index contributed by atoms with van der Waals surface area (Å²) >= 11 is 0. The highest BCUT2D eigenvalue weighted by molar-refractivity contribution is 7.37. The maximum atomic E-state index is 2.28. The van der Waals surface area contributed by atoms with Crippen molar-refractivity contribution in [2.75, 3.05) is 6.16 Å². The molecule has 1 atom stereocenters. The average Bonchev–Trinajstić information content (AvgIpc) is 2.34. The third kappa shape index (κ3) is 7.01. The fourth-order valence-corrected chi connectivity index (χ4v) is 3.06. The molecule has 90 valence electrons. The van der Waals surface area contributed by atoms with Crippen molar-refractivity contribution in [3.63, 3.8) is 0 Å². The molecule has 0 aliphatic rings. The van der Waals surface area contributed by atoms with E-state index in [0.29, 0.717) is 0 Å². The molecule has 1 rings (SSSR count). The summed E-state index contributed by atoms with van der Waals surface area (Å²) < 4.78 is 0. The Morgan fingerprint density at radius 2 is 1.56 bits per heavy atom. The molecule has 0 N–H and O–H groups in total. The van der Waals surface area contributed by atoms with E-state index in [4.69, 9.17) is 0 Å². The minimum Gasteiger partial charge on any atom is -0.118 e. The van der Waals surface area contributed by atoms with Crippen molar-refractivity contribution in [1.29, 1.82) is 0 Å². The van der Waals surface area contributed by atoms with Crippen LogP contribution in [0.4, 0.5) is 0 Å². The van der Waals surface area contributed by atoms with E-state index < -0.39 is 0 Å². The molecule has 16 heavy (non-hydrogen) atoms. The lowest BCUT2D eigenvalue weighted by atomic mass is 10.1. The summed E-state index contributed by atoms with van der Waals surface area (Å²) in [7, 11) is 1.12. The van der Waals surface area contributed by atoms with Gasteiger partial charge in [-0.05, 0) is 24.3 Å². The minimum absolute atomic E-state index is 1.12. The zero-order valence-electron chi connectivity index (χ0n) is 10.5. The van der Waals surface area contributed by atoms with Gasteiger partial charge in [-0.3, -0.25) is 0 Å². The van der Waals surface area contributed by atoms with Gasteiger partial charge in [0.2, 0.25) is 0 Å². The van der Waals surface area contributed by atoms with Gasteiger partial charge in [-0.1, -0.05) is 69.4 Å². The maximum Gasteiger partial charge on any atom is -0.0101 e. The highest BCUT2D eigenvalue weighted by atomic mass is 31.1. The zero-order valence-corrected chi connectivity index (χ0v) is 11.5. The first-order valence-electron chi connectivity index (χ1n) is 6.68. The lowest BCUT2D eigenvalue weighted by Gasteiger charge is -2.02.